The summed E-state index contributed by atoms with van der Waals surface area (Å²) < 4.78 is 0. The van der Waals surface area contributed by atoms with Crippen molar-refractivity contribution in [3.8, 4) is 0 Å². The highest BCUT2D eigenvalue weighted by Crippen LogP contribution is 2.20. The number of imidazole rings is 1. The first-order chi connectivity index (χ1) is 9.22. The first kappa shape index (κ1) is 11.6. The zero-order chi connectivity index (χ0) is 13.2. The molecule has 3 aromatic rings. The third kappa shape index (κ3) is 2.40. The predicted molar refractivity (Wildman–Crippen MR) is 74.9 cm³/mol. The van der Waals surface area contributed by atoms with E-state index in [1.807, 2.05) is 19.1 Å². The molecule has 0 spiro atoms. The number of aryl methyl sites for hydroxylation is 1. The number of aromatic amines is 1. The molecule has 0 fully saturated rings. The SMILES string of the molecule is Cc1ccnc(NC(C)c2ccc3nc[nH]c3c2)n1. The Morgan fingerprint density at radius 3 is 2.95 bits per heavy atom. The van der Waals surface area contributed by atoms with Crippen molar-refractivity contribution >= 4 is 17.0 Å². The van der Waals surface area contributed by atoms with Gasteiger partial charge in [0.25, 0.3) is 0 Å². The highest BCUT2D eigenvalue weighted by molar-refractivity contribution is 5.75. The van der Waals surface area contributed by atoms with E-state index >= 15 is 0 Å². The third-order valence-corrected chi connectivity index (χ3v) is 3.08. The highest BCUT2D eigenvalue weighted by Gasteiger charge is 2.08. The molecule has 5 heteroatoms. The standard InChI is InChI=1S/C14H15N5/c1-9-5-6-15-14(18-9)19-10(2)11-3-4-12-13(7-11)17-8-16-12/h3-8,10H,1-2H3,(H,16,17)(H,15,18,19). The van der Waals surface area contributed by atoms with Gasteiger partial charge in [-0.25, -0.2) is 15.0 Å². The maximum Gasteiger partial charge on any atom is 0.223 e. The quantitative estimate of drug-likeness (QED) is 0.753. The smallest absolute Gasteiger partial charge is 0.223 e. The number of fused-ring (bicyclic) bond motifs is 1. The fourth-order valence-electron chi connectivity index (χ4n) is 2.02. The summed E-state index contributed by atoms with van der Waals surface area (Å²) in [5, 5.41) is 3.30. The molecule has 5 nitrogen and oxygen atoms in total. The van der Waals surface area contributed by atoms with E-state index < -0.39 is 0 Å². The molecule has 0 saturated carbocycles. The summed E-state index contributed by atoms with van der Waals surface area (Å²) in [6, 6.07) is 8.18. The number of hydrogen-bond donors (Lipinski definition) is 2. The first-order valence-corrected chi connectivity index (χ1v) is 6.21. The Morgan fingerprint density at radius 2 is 2.11 bits per heavy atom. The number of nitrogens with one attached hydrogen (secondary N) is 2. The molecule has 3 rings (SSSR count). The fraction of sp³-hybridized carbons (Fsp3) is 0.214. The van der Waals surface area contributed by atoms with Gasteiger partial charge in [0.2, 0.25) is 5.95 Å². The monoisotopic (exact) mass is 253 g/mol. The second-order valence-corrected chi connectivity index (χ2v) is 4.57. The second kappa shape index (κ2) is 4.68. The zero-order valence-electron chi connectivity index (χ0n) is 10.9. The molecule has 1 atom stereocenters. The molecule has 0 aliphatic heterocycles. The maximum absolute atomic E-state index is 4.35. The van der Waals surface area contributed by atoms with Gasteiger partial charge in [0.15, 0.2) is 0 Å². The van der Waals surface area contributed by atoms with Crippen LogP contribution in [0.15, 0.2) is 36.8 Å². The highest BCUT2D eigenvalue weighted by atomic mass is 15.1. The molecule has 0 aliphatic carbocycles. The largest absolute Gasteiger partial charge is 0.348 e. The summed E-state index contributed by atoms with van der Waals surface area (Å²) >= 11 is 0. The fourth-order valence-corrected chi connectivity index (χ4v) is 2.02. The Hall–Kier alpha value is -2.43. The zero-order valence-corrected chi connectivity index (χ0v) is 10.9. The van der Waals surface area contributed by atoms with Crippen molar-refractivity contribution in [1.29, 1.82) is 0 Å². The molecule has 0 saturated heterocycles. The average molecular weight is 253 g/mol. The van der Waals surface area contributed by atoms with Crippen LogP contribution in [0.4, 0.5) is 5.95 Å². The van der Waals surface area contributed by atoms with Crippen LogP contribution in [0.3, 0.4) is 0 Å². The molecular formula is C14H15N5. The molecule has 2 N–H and O–H groups in total. The number of H-pyrrole nitrogens is 1. The maximum atomic E-state index is 4.35. The van der Waals surface area contributed by atoms with E-state index in [0.29, 0.717) is 5.95 Å². The van der Waals surface area contributed by atoms with E-state index in [4.69, 9.17) is 0 Å². The summed E-state index contributed by atoms with van der Waals surface area (Å²) in [4.78, 5) is 15.9. The molecule has 96 valence electrons. The number of aromatic nitrogens is 4. The number of nitrogens with zero attached hydrogens (tertiary/aromatic N) is 3. The van der Waals surface area contributed by atoms with Crippen LogP contribution in [0, 0.1) is 6.92 Å². The van der Waals surface area contributed by atoms with Crippen molar-refractivity contribution < 1.29 is 0 Å². The summed E-state index contributed by atoms with van der Waals surface area (Å²) in [5.74, 6) is 0.650. The lowest BCUT2D eigenvalue weighted by Crippen LogP contribution is -2.09. The van der Waals surface area contributed by atoms with Gasteiger partial charge in [-0.05, 0) is 37.6 Å². The van der Waals surface area contributed by atoms with Crippen LogP contribution in [0.5, 0.6) is 0 Å². The van der Waals surface area contributed by atoms with E-state index in [9.17, 15) is 0 Å². The Labute approximate surface area is 111 Å². The summed E-state index contributed by atoms with van der Waals surface area (Å²) in [7, 11) is 0. The molecule has 2 aromatic heterocycles. The van der Waals surface area contributed by atoms with Crippen molar-refractivity contribution in [2.45, 2.75) is 19.9 Å². The van der Waals surface area contributed by atoms with Crippen molar-refractivity contribution in [1.82, 2.24) is 19.9 Å². The topological polar surface area (TPSA) is 66.5 Å². The Morgan fingerprint density at radius 1 is 1.21 bits per heavy atom. The van der Waals surface area contributed by atoms with Gasteiger partial charge >= 0.3 is 0 Å². The van der Waals surface area contributed by atoms with Crippen LogP contribution < -0.4 is 5.32 Å². The normalized spacial score (nSPS) is 12.5. The minimum absolute atomic E-state index is 0.134. The van der Waals surface area contributed by atoms with Crippen molar-refractivity contribution in [2.24, 2.45) is 0 Å². The molecule has 0 aliphatic rings. The van der Waals surface area contributed by atoms with Gasteiger partial charge in [0.05, 0.1) is 23.4 Å². The van der Waals surface area contributed by atoms with Crippen molar-refractivity contribution in [2.75, 3.05) is 5.32 Å². The minimum Gasteiger partial charge on any atom is -0.348 e. The lowest BCUT2D eigenvalue weighted by molar-refractivity contribution is 0.858. The van der Waals surface area contributed by atoms with Crippen LogP contribution in [-0.4, -0.2) is 19.9 Å². The van der Waals surface area contributed by atoms with Crippen LogP contribution in [0.25, 0.3) is 11.0 Å². The summed E-state index contributed by atoms with van der Waals surface area (Å²) in [5.41, 5.74) is 4.13. The number of benzene rings is 1. The third-order valence-electron chi connectivity index (χ3n) is 3.08. The molecule has 0 bridgehead atoms. The molecule has 1 unspecified atom stereocenters. The lowest BCUT2D eigenvalue weighted by Gasteiger charge is -2.14. The van der Waals surface area contributed by atoms with E-state index in [-0.39, 0.29) is 6.04 Å². The number of rotatable bonds is 3. The minimum atomic E-state index is 0.134. The van der Waals surface area contributed by atoms with E-state index in [2.05, 4.69) is 44.3 Å². The van der Waals surface area contributed by atoms with E-state index in [1.54, 1.807) is 12.5 Å². The van der Waals surface area contributed by atoms with Gasteiger partial charge in [0, 0.05) is 11.9 Å². The Bertz CT molecular complexity index is 704. The van der Waals surface area contributed by atoms with Crippen LogP contribution in [-0.2, 0) is 0 Å². The predicted octanol–water partition coefficient (Wildman–Crippen LogP) is 2.83. The Kier molecular flexibility index (Phi) is 2.87. The molecular weight excluding hydrogens is 238 g/mol. The molecule has 1 aromatic carbocycles. The molecule has 19 heavy (non-hydrogen) atoms. The summed E-state index contributed by atoms with van der Waals surface area (Å²) in [6.07, 6.45) is 3.46. The van der Waals surface area contributed by atoms with Gasteiger partial charge in [-0.3, -0.25) is 0 Å². The van der Waals surface area contributed by atoms with E-state index in [0.717, 1.165) is 16.7 Å². The van der Waals surface area contributed by atoms with E-state index in [1.165, 1.54) is 5.56 Å². The molecule has 0 radical (unpaired) electrons. The van der Waals surface area contributed by atoms with Gasteiger partial charge in [-0.2, -0.15) is 0 Å². The lowest BCUT2D eigenvalue weighted by atomic mass is 10.1. The molecule has 0 amide bonds. The first-order valence-electron chi connectivity index (χ1n) is 6.21. The average Bonchev–Trinajstić information content (AvgIpc) is 2.85. The molecule has 2 heterocycles. The van der Waals surface area contributed by atoms with Gasteiger partial charge in [-0.15, -0.1) is 0 Å². The van der Waals surface area contributed by atoms with Gasteiger partial charge in [-0.1, -0.05) is 6.07 Å². The Balaban J connectivity index is 1.84. The van der Waals surface area contributed by atoms with Crippen molar-refractivity contribution in [3.05, 3.63) is 48.0 Å². The van der Waals surface area contributed by atoms with Crippen LogP contribution in [0.2, 0.25) is 0 Å². The van der Waals surface area contributed by atoms with Crippen LogP contribution in [0.1, 0.15) is 24.2 Å². The van der Waals surface area contributed by atoms with Crippen LogP contribution >= 0.6 is 0 Å². The summed E-state index contributed by atoms with van der Waals surface area (Å²) in [6.45, 7) is 4.04. The number of anilines is 1. The number of hydrogen-bond acceptors (Lipinski definition) is 4. The van der Waals surface area contributed by atoms with Gasteiger partial charge < -0.3 is 10.3 Å². The second-order valence-electron chi connectivity index (χ2n) is 4.57. The van der Waals surface area contributed by atoms with Crippen molar-refractivity contribution in [3.63, 3.8) is 0 Å². The van der Waals surface area contributed by atoms with Gasteiger partial charge in [0.1, 0.15) is 0 Å².